The number of halogens is 1. The Labute approximate surface area is 129 Å². The van der Waals surface area contributed by atoms with Crippen molar-refractivity contribution in [3.8, 4) is 6.07 Å². The quantitative estimate of drug-likeness (QED) is 0.919. The lowest BCUT2D eigenvalue weighted by atomic mass is 9.88. The van der Waals surface area contributed by atoms with Gasteiger partial charge in [0.05, 0.1) is 23.3 Å². The summed E-state index contributed by atoms with van der Waals surface area (Å²) in [4.78, 5) is 15.2. The van der Waals surface area contributed by atoms with Gasteiger partial charge in [-0.3, -0.25) is 4.79 Å². The molecular weight excluding hydrogens is 285 g/mol. The van der Waals surface area contributed by atoms with E-state index >= 15 is 0 Å². The Morgan fingerprint density at radius 1 is 1.55 bits per heavy atom. The van der Waals surface area contributed by atoms with Gasteiger partial charge in [0.1, 0.15) is 11.9 Å². The summed E-state index contributed by atoms with van der Waals surface area (Å²) in [7, 11) is 3.31. The van der Waals surface area contributed by atoms with Crippen LogP contribution >= 0.6 is 0 Å². The van der Waals surface area contributed by atoms with Crippen LogP contribution in [0.3, 0.4) is 0 Å². The van der Waals surface area contributed by atoms with Crippen LogP contribution in [-0.4, -0.2) is 48.7 Å². The minimum Gasteiger partial charge on any atom is -0.388 e. The van der Waals surface area contributed by atoms with Gasteiger partial charge in [0.2, 0.25) is 5.91 Å². The van der Waals surface area contributed by atoms with Crippen LogP contribution in [0.15, 0.2) is 18.2 Å². The minimum atomic E-state index is -1.12. The van der Waals surface area contributed by atoms with Crippen LogP contribution < -0.4 is 4.90 Å². The summed E-state index contributed by atoms with van der Waals surface area (Å²) in [6, 6.07) is 6.02. The molecule has 0 bridgehead atoms. The average Bonchev–Trinajstić information content (AvgIpc) is 2.46. The van der Waals surface area contributed by atoms with Crippen molar-refractivity contribution in [1.82, 2.24) is 4.90 Å². The van der Waals surface area contributed by atoms with Crippen LogP contribution in [0.5, 0.6) is 0 Å². The maximum absolute atomic E-state index is 13.2. The molecule has 1 heterocycles. The van der Waals surface area contributed by atoms with Gasteiger partial charge < -0.3 is 14.9 Å². The summed E-state index contributed by atoms with van der Waals surface area (Å²) in [5.41, 5.74) is -0.289. The molecule has 5 nitrogen and oxygen atoms in total. The lowest BCUT2D eigenvalue weighted by Crippen LogP contribution is -2.50. The normalized spacial score (nSPS) is 21.3. The summed E-state index contributed by atoms with van der Waals surface area (Å²) in [5.74, 6) is -0.598. The van der Waals surface area contributed by atoms with Crippen LogP contribution in [-0.2, 0) is 4.79 Å². The Balaban J connectivity index is 2.21. The van der Waals surface area contributed by atoms with Gasteiger partial charge in [-0.15, -0.1) is 0 Å². The molecule has 1 aliphatic heterocycles. The van der Waals surface area contributed by atoms with E-state index in [0.717, 1.165) is 0 Å². The minimum absolute atomic E-state index is 0.0413. The number of nitrogens with zero attached hydrogens (tertiary/aromatic N) is 3. The van der Waals surface area contributed by atoms with Crippen molar-refractivity contribution in [2.45, 2.75) is 24.9 Å². The molecule has 1 amide bonds. The number of piperidine rings is 1. The topological polar surface area (TPSA) is 67.6 Å². The number of hydrogen-bond donors (Lipinski definition) is 1. The van der Waals surface area contributed by atoms with Crippen molar-refractivity contribution in [3.05, 3.63) is 29.6 Å². The van der Waals surface area contributed by atoms with Gasteiger partial charge in [-0.25, -0.2) is 4.39 Å². The van der Waals surface area contributed by atoms with Gasteiger partial charge in [-0.2, -0.15) is 5.26 Å². The number of β-amino-alcohol motifs (C(OH)–C–C–N with tert-alkyl or cyclic N) is 1. The second-order valence-electron chi connectivity index (χ2n) is 5.99. The van der Waals surface area contributed by atoms with Gasteiger partial charge in [0.25, 0.3) is 0 Å². The third-order valence-electron chi connectivity index (χ3n) is 3.95. The molecule has 0 aromatic heterocycles. The fourth-order valence-electron chi connectivity index (χ4n) is 2.78. The summed E-state index contributed by atoms with van der Waals surface area (Å²) < 4.78 is 13.2. The zero-order valence-electron chi connectivity index (χ0n) is 12.8. The number of carbonyl (C=O) groups excluding carboxylic acids is 1. The zero-order valence-corrected chi connectivity index (χ0v) is 12.8. The maximum atomic E-state index is 13.2. The van der Waals surface area contributed by atoms with Crippen molar-refractivity contribution >= 4 is 11.6 Å². The first-order valence-electron chi connectivity index (χ1n) is 7.22. The van der Waals surface area contributed by atoms with E-state index < -0.39 is 11.4 Å². The Kier molecular flexibility index (Phi) is 4.67. The van der Waals surface area contributed by atoms with Crippen molar-refractivity contribution < 1.29 is 14.3 Å². The monoisotopic (exact) mass is 305 g/mol. The molecule has 1 aromatic carbocycles. The zero-order chi connectivity index (χ0) is 16.3. The first kappa shape index (κ1) is 16.2. The molecule has 0 radical (unpaired) electrons. The van der Waals surface area contributed by atoms with Crippen LogP contribution in [0.25, 0.3) is 0 Å². The molecule has 1 saturated heterocycles. The molecule has 1 fully saturated rings. The Morgan fingerprint density at radius 2 is 2.27 bits per heavy atom. The summed E-state index contributed by atoms with van der Waals surface area (Å²) >= 11 is 0. The molecule has 0 spiro atoms. The Morgan fingerprint density at radius 3 is 2.91 bits per heavy atom. The van der Waals surface area contributed by atoms with E-state index in [9.17, 15) is 14.3 Å². The molecule has 0 saturated carbocycles. The molecule has 1 atom stereocenters. The standard InChI is InChI=1S/C16H20FN3O2/c1-19(2)15(21)9-16(22)6-3-7-20(11-16)14-5-4-13(17)8-12(14)10-18/h4-5,8,22H,3,6-7,9,11H2,1-2H3. The number of carbonyl (C=O) groups is 1. The Bertz CT molecular complexity index is 612. The highest BCUT2D eigenvalue weighted by atomic mass is 19.1. The van der Waals surface area contributed by atoms with Gasteiger partial charge >= 0.3 is 0 Å². The number of aliphatic hydroxyl groups is 1. The molecule has 1 unspecified atom stereocenters. The molecule has 1 N–H and O–H groups in total. The fourth-order valence-corrected chi connectivity index (χ4v) is 2.78. The highest BCUT2D eigenvalue weighted by molar-refractivity contribution is 5.77. The first-order valence-corrected chi connectivity index (χ1v) is 7.22. The number of anilines is 1. The molecule has 1 aliphatic rings. The molecule has 1 aromatic rings. The lowest BCUT2D eigenvalue weighted by Gasteiger charge is -2.40. The number of nitriles is 1. The van der Waals surface area contributed by atoms with E-state index in [1.54, 1.807) is 20.2 Å². The van der Waals surface area contributed by atoms with Crippen LogP contribution in [0, 0.1) is 17.1 Å². The molecular formula is C16H20FN3O2. The Hall–Kier alpha value is -2.13. The maximum Gasteiger partial charge on any atom is 0.225 e. The van der Waals surface area contributed by atoms with Gasteiger partial charge in [-0.05, 0) is 31.0 Å². The highest BCUT2D eigenvalue weighted by Crippen LogP contribution is 2.30. The SMILES string of the molecule is CN(C)C(=O)CC1(O)CCCN(c2ccc(F)cc2C#N)C1. The smallest absolute Gasteiger partial charge is 0.225 e. The third kappa shape index (κ3) is 3.55. The van der Waals surface area contributed by atoms with E-state index in [4.69, 9.17) is 5.26 Å². The van der Waals surface area contributed by atoms with E-state index in [0.29, 0.717) is 25.1 Å². The molecule has 118 valence electrons. The van der Waals surface area contributed by atoms with Gasteiger partial charge in [0.15, 0.2) is 0 Å². The van der Waals surface area contributed by atoms with Crippen molar-refractivity contribution in [1.29, 1.82) is 5.26 Å². The highest BCUT2D eigenvalue weighted by Gasteiger charge is 2.36. The van der Waals surface area contributed by atoms with E-state index in [2.05, 4.69) is 0 Å². The molecule has 6 heteroatoms. The second-order valence-corrected chi connectivity index (χ2v) is 5.99. The second kappa shape index (κ2) is 6.32. The number of rotatable bonds is 3. The van der Waals surface area contributed by atoms with Crippen molar-refractivity contribution in [2.75, 3.05) is 32.1 Å². The number of benzene rings is 1. The van der Waals surface area contributed by atoms with E-state index in [-0.39, 0.29) is 24.4 Å². The van der Waals surface area contributed by atoms with Crippen LogP contribution in [0.1, 0.15) is 24.8 Å². The number of hydrogen-bond acceptors (Lipinski definition) is 4. The van der Waals surface area contributed by atoms with Crippen LogP contribution in [0.2, 0.25) is 0 Å². The average molecular weight is 305 g/mol. The van der Waals surface area contributed by atoms with E-state index in [1.165, 1.54) is 17.0 Å². The summed E-state index contributed by atoms with van der Waals surface area (Å²) in [6.07, 6.45) is 1.28. The first-order chi connectivity index (χ1) is 10.3. The summed E-state index contributed by atoms with van der Waals surface area (Å²) in [6.45, 7) is 0.922. The fraction of sp³-hybridized carbons (Fsp3) is 0.500. The van der Waals surface area contributed by atoms with Crippen LogP contribution in [0.4, 0.5) is 10.1 Å². The third-order valence-corrected chi connectivity index (χ3v) is 3.95. The van der Waals surface area contributed by atoms with Crippen molar-refractivity contribution in [3.63, 3.8) is 0 Å². The van der Waals surface area contributed by atoms with Gasteiger partial charge in [0, 0.05) is 27.2 Å². The molecule has 2 rings (SSSR count). The van der Waals surface area contributed by atoms with Gasteiger partial charge in [-0.1, -0.05) is 0 Å². The predicted molar refractivity (Wildman–Crippen MR) is 80.8 cm³/mol. The lowest BCUT2D eigenvalue weighted by molar-refractivity contribution is -0.134. The predicted octanol–water partition coefficient (Wildman–Crippen LogP) is 1.51. The number of amides is 1. The molecule has 22 heavy (non-hydrogen) atoms. The molecule has 0 aliphatic carbocycles. The summed E-state index contributed by atoms with van der Waals surface area (Å²) in [5, 5.41) is 19.8. The largest absolute Gasteiger partial charge is 0.388 e. The van der Waals surface area contributed by atoms with E-state index in [1.807, 2.05) is 11.0 Å². The van der Waals surface area contributed by atoms with Crippen molar-refractivity contribution in [2.24, 2.45) is 0 Å².